The molecule has 0 aliphatic heterocycles. The zero-order valence-electron chi connectivity index (χ0n) is 15.8. The van der Waals surface area contributed by atoms with E-state index in [0.29, 0.717) is 0 Å². The molecule has 1 heterocycles. The molecule has 0 bridgehead atoms. The summed E-state index contributed by atoms with van der Waals surface area (Å²) in [4.78, 5) is 0. The van der Waals surface area contributed by atoms with Crippen LogP contribution >= 0.6 is 0 Å². The molecular formula is C20H27N3Si. The molecule has 0 atom stereocenters. The lowest BCUT2D eigenvalue weighted by Crippen LogP contribution is -2.39. The van der Waals surface area contributed by atoms with Crippen molar-refractivity contribution in [3.63, 3.8) is 0 Å². The van der Waals surface area contributed by atoms with Gasteiger partial charge in [0.15, 0.2) is 0 Å². The lowest BCUT2D eigenvalue weighted by Gasteiger charge is -2.20. The second-order valence-electron chi connectivity index (χ2n) is 8.73. The SMILES string of the molecule is Cc1cc([Si](C)(C)C)c2c(c1)nnn2-c1ccc(C(C)(C)C)cc1. The van der Waals surface area contributed by atoms with Gasteiger partial charge in [-0.3, -0.25) is 0 Å². The van der Waals surface area contributed by atoms with Crippen LogP contribution in [-0.4, -0.2) is 23.1 Å². The number of fused-ring (bicyclic) bond motifs is 1. The van der Waals surface area contributed by atoms with Crippen LogP contribution in [0.15, 0.2) is 36.4 Å². The summed E-state index contributed by atoms with van der Waals surface area (Å²) >= 11 is 0. The third-order valence-corrected chi connectivity index (χ3v) is 6.47. The summed E-state index contributed by atoms with van der Waals surface area (Å²) in [5, 5.41) is 10.3. The van der Waals surface area contributed by atoms with E-state index in [4.69, 9.17) is 0 Å². The number of aromatic nitrogens is 3. The smallest absolute Gasteiger partial charge is 0.113 e. The summed E-state index contributed by atoms with van der Waals surface area (Å²) in [7, 11) is -1.50. The fraction of sp³-hybridized carbons (Fsp3) is 0.400. The lowest BCUT2D eigenvalue weighted by molar-refractivity contribution is 0.590. The molecule has 1 aromatic heterocycles. The minimum Gasteiger partial charge on any atom is -0.213 e. The van der Waals surface area contributed by atoms with Gasteiger partial charge in [0.05, 0.1) is 19.3 Å². The van der Waals surface area contributed by atoms with Crippen molar-refractivity contribution in [1.82, 2.24) is 15.0 Å². The predicted octanol–water partition coefficient (Wildman–Crippen LogP) is 4.57. The zero-order chi connectivity index (χ0) is 17.7. The zero-order valence-corrected chi connectivity index (χ0v) is 16.8. The summed E-state index contributed by atoms with van der Waals surface area (Å²) in [5.74, 6) is 0. The standard InChI is InChI=1S/C20H27N3Si/c1-14-12-17-19(18(13-14)24(5,6)7)23(22-21-17)16-10-8-15(9-11-16)20(2,3)4/h8-13H,1-7H3. The van der Waals surface area contributed by atoms with Crippen molar-refractivity contribution in [2.45, 2.75) is 52.8 Å². The van der Waals surface area contributed by atoms with Crippen LogP contribution in [0.5, 0.6) is 0 Å². The minimum atomic E-state index is -1.50. The Morgan fingerprint density at radius 2 is 1.58 bits per heavy atom. The number of rotatable bonds is 2. The number of hydrogen-bond acceptors (Lipinski definition) is 2. The monoisotopic (exact) mass is 337 g/mol. The maximum Gasteiger partial charge on any atom is 0.113 e. The largest absolute Gasteiger partial charge is 0.213 e. The fourth-order valence-electron chi connectivity index (χ4n) is 3.05. The molecule has 0 aliphatic rings. The molecule has 2 aromatic carbocycles. The van der Waals surface area contributed by atoms with Gasteiger partial charge in [0, 0.05) is 0 Å². The molecule has 0 fully saturated rings. The van der Waals surface area contributed by atoms with E-state index >= 15 is 0 Å². The summed E-state index contributed by atoms with van der Waals surface area (Å²) in [6, 6.07) is 13.2. The Bertz CT molecular complexity index is 878. The average molecular weight is 338 g/mol. The van der Waals surface area contributed by atoms with Crippen molar-refractivity contribution in [2.24, 2.45) is 0 Å². The van der Waals surface area contributed by atoms with Gasteiger partial charge in [0.25, 0.3) is 0 Å². The van der Waals surface area contributed by atoms with Gasteiger partial charge in [-0.15, -0.1) is 5.10 Å². The van der Waals surface area contributed by atoms with Crippen molar-refractivity contribution >= 4 is 24.3 Å². The number of hydrogen-bond donors (Lipinski definition) is 0. The molecule has 0 radical (unpaired) electrons. The second-order valence-corrected chi connectivity index (χ2v) is 13.8. The van der Waals surface area contributed by atoms with Gasteiger partial charge >= 0.3 is 0 Å². The Kier molecular flexibility index (Phi) is 3.91. The lowest BCUT2D eigenvalue weighted by atomic mass is 9.87. The minimum absolute atomic E-state index is 0.156. The first kappa shape index (κ1) is 16.9. The van der Waals surface area contributed by atoms with Crippen LogP contribution in [0.4, 0.5) is 0 Å². The van der Waals surface area contributed by atoms with E-state index in [2.05, 4.69) is 94.0 Å². The van der Waals surface area contributed by atoms with Gasteiger partial charge in [-0.25, -0.2) is 4.68 Å². The molecule has 0 amide bonds. The molecule has 0 aliphatic carbocycles. The van der Waals surface area contributed by atoms with Crippen molar-refractivity contribution in [3.05, 3.63) is 47.5 Å². The van der Waals surface area contributed by atoms with E-state index in [0.717, 1.165) is 11.2 Å². The highest BCUT2D eigenvalue weighted by Crippen LogP contribution is 2.24. The van der Waals surface area contributed by atoms with E-state index in [-0.39, 0.29) is 5.41 Å². The fourth-order valence-corrected chi connectivity index (χ4v) is 4.66. The first-order valence-corrected chi connectivity index (χ1v) is 12.0. The number of benzene rings is 2. The molecule has 0 N–H and O–H groups in total. The van der Waals surface area contributed by atoms with Crippen LogP contribution in [0.25, 0.3) is 16.7 Å². The van der Waals surface area contributed by atoms with Crippen molar-refractivity contribution in [2.75, 3.05) is 0 Å². The topological polar surface area (TPSA) is 30.7 Å². The Hall–Kier alpha value is -1.94. The highest BCUT2D eigenvalue weighted by atomic mass is 28.3. The van der Waals surface area contributed by atoms with Gasteiger partial charge in [0.2, 0.25) is 0 Å². The summed E-state index contributed by atoms with van der Waals surface area (Å²) in [5.41, 5.74) is 5.99. The van der Waals surface area contributed by atoms with Crippen LogP contribution in [0.1, 0.15) is 31.9 Å². The summed E-state index contributed by atoms with van der Waals surface area (Å²) in [6.45, 7) is 16.0. The third kappa shape index (κ3) is 3.03. The Labute approximate surface area is 145 Å². The van der Waals surface area contributed by atoms with E-state index in [1.54, 1.807) is 0 Å². The molecule has 126 valence electrons. The molecule has 4 heteroatoms. The first-order valence-electron chi connectivity index (χ1n) is 8.55. The Morgan fingerprint density at radius 1 is 0.958 bits per heavy atom. The molecular weight excluding hydrogens is 310 g/mol. The van der Waals surface area contributed by atoms with Crippen LogP contribution in [0.3, 0.4) is 0 Å². The average Bonchev–Trinajstić information content (AvgIpc) is 2.88. The maximum atomic E-state index is 4.46. The van der Waals surface area contributed by atoms with E-state index in [1.165, 1.54) is 21.8 Å². The van der Waals surface area contributed by atoms with E-state index < -0.39 is 8.07 Å². The molecule has 0 spiro atoms. The highest BCUT2D eigenvalue weighted by molar-refractivity contribution is 6.90. The summed E-state index contributed by atoms with van der Waals surface area (Å²) in [6.07, 6.45) is 0. The highest BCUT2D eigenvalue weighted by Gasteiger charge is 2.23. The first-order chi connectivity index (χ1) is 11.1. The normalized spacial score (nSPS) is 12.8. The van der Waals surface area contributed by atoms with Gasteiger partial charge in [-0.1, -0.05) is 63.8 Å². The molecule has 3 rings (SSSR count). The number of nitrogens with zero attached hydrogens (tertiary/aromatic N) is 3. The van der Waals surface area contributed by atoms with Crippen molar-refractivity contribution in [1.29, 1.82) is 0 Å². The summed E-state index contributed by atoms with van der Waals surface area (Å²) < 4.78 is 2.01. The van der Waals surface area contributed by atoms with E-state index in [1.807, 2.05) is 4.68 Å². The quantitative estimate of drug-likeness (QED) is 0.641. The molecule has 24 heavy (non-hydrogen) atoms. The van der Waals surface area contributed by atoms with Gasteiger partial charge < -0.3 is 0 Å². The predicted molar refractivity (Wildman–Crippen MR) is 105 cm³/mol. The van der Waals surface area contributed by atoms with Crippen LogP contribution in [-0.2, 0) is 5.41 Å². The van der Waals surface area contributed by atoms with Crippen LogP contribution in [0.2, 0.25) is 19.6 Å². The van der Waals surface area contributed by atoms with Gasteiger partial charge in [-0.2, -0.15) is 0 Å². The van der Waals surface area contributed by atoms with Crippen LogP contribution in [0, 0.1) is 6.92 Å². The van der Waals surface area contributed by atoms with E-state index in [9.17, 15) is 0 Å². The maximum absolute atomic E-state index is 4.46. The third-order valence-electron chi connectivity index (χ3n) is 4.47. The Morgan fingerprint density at radius 3 is 2.12 bits per heavy atom. The van der Waals surface area contributed by atoms with Gasteiger partial charge in [-0.05, 0) is 46.9 Å². The second kappa shape index (κ2) is 5.55. The molecule has 3 aromatic rings. The van der Waals surface area contributed by atoms with Crippen molar-refractivity contribution in [3.8, 4) is 5.69 Å². The molecule has 0 saturated heterocycles. The molecule has 3 nitrogen and oxygen atoms in total. The van der Waals surface area contributed by atoms with Crippen molar-refractivity contribution < 1.29 is 0 Å². The molecule has 0 unspecified atom stereocenters. The number of aryl methyl sites for hydroxylation is 1. The van der Waals surface area contributed by atoms with Crippen LogP contribution < -0.4 is 5.19 Å². The van der Waals surface area contributed by atoms with Gasteiger partial charge in [0.1, 0.15) is 5.52 Å². The molecule has 0 saturated carbocycles. The Balaban J connectivity index is 2.21.